The lowest BCUT2D eigenvalue weighted by molar-refractivity contribution is 0.0644. The Morgan fingerprint density at radius 2 is 1.47 bits per heavy atom. The molecule has 0 radical (unpaired) electrons. The van der Waals surface area contributed by atoms with Crippen LogP contribution in [0.1, 0.15) is 63.6 Å². The lowest BCUT2D eigenvalue weighted by atomic mass is 9.52. The minimum Gasteiger partial charge on any atom is -0.507 e. The van der Waals surface area contributed by atoms with Gasteiger partial charge in [-0.1, -0.05) is 52.0 Å². The Hall–Kier alpha value is -3.15. The van der Waals surface area contributed by atoms with Crippen molar-refractivity contribution in [3.63, 3.8) is 0 Å². The van der Waals surface area contributed by atoms with Gasteiger partial charge in [-0.15, -0.1) is 0 Å². The molecule has 1 N–H and O–H groups in total. The van der Waals surface area contributed by atoms with Crippen molar-refractivity contribution in [3.8, 4) is 28.0 Å². The van der Waals surface area contributed by atoms with Gasteiger partial charge in [-0.25, -0.2) is 0 Å². The van der Waals surface area contributed by atoms with Crippen molar-refractivity contribution in [1.82, 2.24) is 0 Å². The van der Waals surface area contributed by atoms with Crippen LogP contribution in [0.15, 0.2) is 65.6 Å². The van der Waals surface area contributed by atoms with Crippen molar-refractivity contribution in [1.29, 1.82) is 0 Å². The molecule has 0 amide bonds. The number of phenols is 1. The molecule has 1 saturated heterocycles. The summed E-state index contributed by atoms with van der Waals surface area (Å²) in [7, 11) is -1.07. The number of aryl methyl sites for hydroxylation is 1. The highest BCUT2D eigenvalue weighted by Crippen LogP contribution is 2.65. The highest BCUT2D eigenvalue weighted by molar-refractivity contribution is 7.84. The fraction of sp³-hybridized carbons (Fsp3) is 0.421. The van der Waals surface area contributed by atoms with Crippen molar-refractivity contribution in [2.24, 2.45) is 10.8 Å². The number of aromatic hydroxyl groups is 1. The summed E-state index contributed by atoms with van der Waals surface area (Å²) in [6, 6.07) is 21.8. The van der Waals surface area contributed by atoms with Crippen LogP contribution >= 0.6 is 0 Å². The zero-order valence-corrected chi connectivity index (χ0v) is 27.2. The summed E-state index contributed by atoms with van der Waals surface area (Å²) in [5.41, 5.74) is 9.69. The van der Waals surface area contributed by atoms with Crippen LogP contribution in [0.5, 0.6) is 5.75 Å². The molecule has 1 heterocycles. The minimum absolute atomic E-state index is 0.125. The molecule has 4 aromatic carbocycles. The number of benzene rings is 4. The van der Waals surface area contributed by atoms with E-state index in [9.17, 15) is 9.32 Å². The molecule has 1 saturated carbocycles. The van der Waals surface area contributed by atoms with Gasteiger partial charge in [0.2, 0.25) is 0 Å². The number of phenolic OH excluding ortho intramolecular Hbond substituents is 1. The number of hydrogen-bond donors (Lipinski definition) is 1. The first kappa shape index (κ1) is 28.6. The largest absolute Gasteiger partial charge is 0.507 e. The van der Waals surface area contributed by atoms with Gasteiger partial charge in [0.15, 0.2) is 0 Å². The van der Waals surface area contributed by atoms with E-state index in [-0.39, 0.29) is 16.2 Å². The second-order valence-corrected chi connectivity index (χ2v) is 16.2. The third-order valence-electron chi connectivity index (χ3n) is 10.2. The average molecular weight is 594 g/mol. The van der Waals surface area contributed by atoms with E-state index >= 15 is 0 Å². The smallest absolute Gasteiger partial charge is 0.123 e. The lowest BCUT2D eigenvalue weighted by Crippen LogP contribution is -2.44. The van der Waals surface area contributed by atoms with Gasteiger partial charge in [0, 0.05) is 51.5 Å². The molecule has 0 aromatic heterocycles. The molecule has 2 aliphatic carbocycles. The van der Waals surface area contributed by atoms with Crippen LogP contribution in [0, 0.1) is 17.8 Å². The predicted octanol–water partition coefficient (Wildman–Crippen LogP) is 8.60. The number of fused-ring (bicyclic) bond motifs is 7. The first-order valence-electron chi connectivity index (χ1n) is 15.6. The van der Waals surface area contributed by atoms with Gasteiger partial charge in [-0.3, -0.25) is 4.21 Å². The number of morpholine rings is 1. The summed E-state index contributed by atoms with van der Waals surface area (Å²) in [4.78, 5) is 3.25. The molecule has 5 heteroatoms. The van der Waals surface area contributed by atoms with Crippen LogP contribution < -0.4 is 4.90 Å². The SMILES string of the molecule is Cc1cc2c3c(cc(O)c2cc1-c1ccc(N2CCOCC2)cc1)C1(CC(C)(C)CC(C)(C)C1)c1cc(S(C)=O)ccc1-3. The molecule has 1 aliphatic heterocycles. The van der Waals surface area contributed by atoms with Crippen LogP contribution in [0.25, 0.3) is 33.0 Å². The Morgan fingerprint density at radius 3 is 2.12 bits per heavy atom. The summed E-state index contributed by atoms with van der Waals surface area (Å²) >= 11 is 0. The standard InChI is InChI=1S/C38H43NO3S/c1-24-17-31-30(19-29(24)25-7-9-26(10-8-25)39-13-15-42-16-14-39)34(40)20-33-35(31)28-12-11-27(43(6)41)18-32(28)38(33)22-36(2,3)21-37(4,5)23-38/h7-12,17-20,40H,13-16,21-23H2,1-6H3. The summed E-state index contributed by atoms with van der Waals surface area (Å²) in [6.45, 7) is 15.1. The first-order valence-corrected chi connectivity index (χ1v) is 17.2. The monoisotopic (exact) mass is 593 g/mol. The Balaban J connectivity index is 1.42. The predicted molar refractivity (Wildman–Crippen MR) is 179 cm³/mol. The topological polar surface area (TPSA) is 49.8 Å². The Kier molecular flexibility index (Phi) is 6.61. The third-order valence-corrected chi connectivity index (χ3v) is 11.1. The van der Waals surface area contributed by atoms with E-state index in [0.717, 1.165) is 72.4 Å². The Morgan fingerprint density at radius 1 is 0.791 bits per heavy atom. The van der Waals surface area contributed by atoms with Gasteiger partial charge in [-0.2, -0.15) is 0 Å². The van der Waals surface area contributed by atoms with E-state index in [1.165, 1.54) is 33.5 Å². The molecule has 43 heavy (non-hydrogen) atoms. The molecule has 1 spiro atoms. The summed E-state index contributed by atoms with van der Waals surface area (Å²) in [5.74, 6) is 0.340. The number of ether oxygens (including phenoxy) is 1. The minimum atomic E-state index is -1.07. The van der Waals surface area contributed by atoms with Crippen LogP contribution in [-0.2, 0) is 21.0 Å². The molecule has 1 atom stereocenters. The Bertz CT molecular complexity index is 1760. The van der Waals surface area contributed by atoms with Crippen LogP contribution in [0.4, 0.5) is 5.69 Å². The van der Waals surface area contributed by atoms with Gasteiger partial charge in [-0.05, 0) is 118 Å². The normalized spacial score (nSPS) is 20.7. The summed E-state index contributed by atoms with van der Waals surface area (Å²) in [5, 5.41) is 13.7. The van der Waals surface area contributed by atoms with E-state index in [2.05, 4.69) is 94.1 Å². The second kappa shape index (κ2) is 9.93. The highest BCUT2D eigenvalue weighted by atomic mass is 32.2. The van der Waals surface area contributed by atoms with Crippen LogP contribution in [0.3, 0.4) is 0 Å². The number of nitrogens with zero attached hydrogens (tertiary/aromatic N) is 1. The molecular formula is C38H43NO3S. The molecule has 2 fully saturated rings. The van der Waals surface area contributed by atoms with Gasteiger partial charge in [0.05, 0.1) is 13.2 Å². The maximum absolute atomic E-state index is 12.7. The highest BCUT2D eigenvalue weighted by Gasteiger charge is 2.54. The fourth-order valence-electron chi connectivity index (χ4n) is 9.17. The van der Waals surface area contributed by atoms with E-state index < -0.39 is 10.8 Å². The van der Waals surface area contributed by atoms with Crippen LogP contribution in [0.2, 0.25) is 0 Å². The second-order valence-electron chi connectivity index (χ2n) is 14.8. The van der Waals surface area contributed by atoms with Crippen LogP contribution in [-0.4, -0.2) is 41.9 Å². The van der Waals surface area contributed by atoms with E-state index in [0.29, 0.717) is 5.75 Å². The van der Waals surface area contributed by atoms with Gasteiger partial charge < -0.3 is 14.7 Å². The number of anilines is 1. The maximum atomic E-state index is 12.7. The molecule has 7 rings (SSSR count). The summed E-state index contributed by atoms with van der Waals surface area (Å²) < 4.78 is 18.2. The summed E-state index contributed by atoms with van der Waals surface area (Å²) in [6.07, 6.45) is 4.92. The zero-order chi connectivity index (χ0) is 30.3. The molecule has 3 aliphatic rings. The van der Waals surface area contributed by atoms with Gasteiger partial charge in [0.1, 0.15) is 5.75 Å². The molecule has 1 unspecified atom stereocenters. The van der Waals surface area contributed by atoms with E-state index in [1.54, 1.807) is 6.26 Å². The van der Waals surface area contributed by atoms with Crippen molar-refractivity contribution in [2.75, 3.05) is 37.5 Å². The fourth-order valence-corrected chi connectivity index (χ4v) is 9.71. The van der Waals surface area contributed by atoms with E-state index in [4.69, 9.17) is 4.74 Å². The van der Waals surface area contributed by atoms with Gasteiger partial charge in [0.25, 0.3) is 0 Å². The average Bonchev–Trinajstić information content (AvgIpc) is 3.19. The number of rotatable bonds is 3. The molecule has 4 nitrogen and oxygen atoms in total. The maximum Gasteiger partial charge on any atom is 0.123 e. The number of hydrogen-bond acceptors (Lipinski definition) is 4. The van der Waals surface area contributed by atoms with E-state index in [1.807, 2.05) is 6.07 Å². The quantitative estimate of drug-likeness (QED) is 0.258. The van der Waals surface area contributed by atoms with Crippen molar-refractivity contribution < 1.29 is 14.1 Å². The first-order chi connectivity index (χ1) is 20.4. The lowest BCUT2D eigenvalue weighted by Gasteiger charge is -2.51. The molecule has 4 aromatic rings. The zero-order valence-electron chi connectivity index (χ0n) is 26.3. The molecular weight excluding hydrogens is 550 g/mol. The van der Waals surface area contributed by atoms with Crippen molar-refractivity contribution >= 4 is 27.3 Å². The van der Waals surface area contributed by atoms with Crippen molar-refractivity contribution in [2.45, 2.75) is 64.2 Å². The molecule has 0 bridgehead atoms. The van der Waals surface area contributed by atoms with Gasteiger partial charge >= 0.3 is 0 Å². The third kappa shape index (κ3) is 4.71. The molecule has 224 valence electrons. The van der Waals surface area contributed by atoms with Crippen molar-refractivity contribution in [3.05, 3.63) is 77.4 Å². The Labute approximate surface area is 258 Å².